The predicted molar refractivity (Wildman–Crippen MR) is 72.9 cm³/mol. The molecule has 102 valence electrons. The van der Waals surface area contributed by atoms with E-state index in [1.807, 2.05) is 0 Å². The van der Waals surface area contributed by atoms with Gasteiger partial charge in [0, 0.05) is 17.3 Å². The highest BCUT2D eigenvalue weighted by Crippen LogP contribution is 2.22. The summed E-state index contributed by atoms with van der Waals surface area (Å²) in [4.78, 5) is 12.0. The number of carbonyl (C=O) groups excluding carboxylic acids is 1. The molecule has 0 bridgehead atoms. The lowest BCUT2D eigenvalue weighted by molar-refractivity contribution is 0.0954. The van der Waals surface area contributed by atoms with Crippen molar-refractivity contribution in [3.63, 3.8) is 0 Å². The van der Waals surface area contributed by atoms with E-state index in [4.69, 9.17) is 9.47 Å². The van der Waals surface area contributed by atoms with Gasteiger partial charge in [-0.25, -0.2) is 5.43 Å². The molecule has 0 saturated heterocycles. The monoisotopic (exact) mass is 262 g/mol. The summed E-state index contributed by atoms with van der Waals surface area (Å²) in [5.74, 6) is 0.910. The molecule has 19 heavy (non-hydrogen) atoms. The van der Waals surface area contributed by atoms with Gasteiger partial charge in [0.05, 0.1) is 14.2 Å². The average Bonchev–Trinajstić information content (AvgIpc) is 2.97. The molecule has 0 spiro atoms. The van der Waals surface area contributed by atoms with Gasteiger partial charge in [-0.05, 0) is 37.8 Å². The first-order valence-corrected chi connectivity index (χ1v) is 6.32. The van der Waals surface area contributed by atoms with Crippen LogP contribution in [-0.4, -0.2) is 25.8 Å². The van der Waals surface area contributed by atoms with Crippen molar-refractivity contribution in [1.29, 1.82) is 0 Å². The van der Waals surface area contributed by atoms with Gasteiger partial charge in [0.1, 0.15) is 11.5 Å². The first-order chi connectivity index (χ1) is 9.22. The lowest BCUT2D eigenvalue weighted by Gasteiger charge is -2.07. The fourth-order valence-electron chi connectivity index (χ4n) is 2.03. The SMILES string of the molecule is COc1cc(OC)cc(C(=O)NN=C2CCCC2)c1. The molecule has 1 N–H and O–H groups in total. The molecular formula is C14H18N2O3. The van der Waals surface area contributed by atoms with Crippen LogP contribution in [0.3, 0.4) is 0 Å². The van der Waals surface area contributed by atoms with Crippen molar-refractivity contribution in [2.45, 2.75) is 25.7 Å². The van der Waals surface area contributed by atoms with E-state index in [0.29, 0.717) is 17.1 Å². The largest absolute Gasteiger partial charge is 0.497 e. The maximum atomic E-state index is 12.0. The first kappa shape index (κ1) is 13.4. The molecule has 5 nitrogen and oxygen atoms in total. The zero-order valence-electron chi connectivity index (χ0n) is 11.2. The standard InChI is InChI=1S/C14H18N2O3/c1-18-12-7-10(8-13(9-12)19-2)14(17)16-15-11-5-3-4-6-11/h7-9H,3-6H2,1-2H3,(H,16,17). The number of ether oxygens (including phenoxy) is 2. The van der Waals surface area contributed by atoms with Gasteiger partial charge in [-0.15, -0.1) is 0 Å². The van der Waals surface area contributed by atoms with E-state index in [1.165, 1.54) is 0 Å². The molecule has 0 aliphatic heterocycles. The van der Waals surface area contributed by atoms with Crippen molar-refractivity contribution >= 4 is 11.6 Å². The smallest absolute Gasteiger partial charge is 0.271 e. The van der Waals surface area contributed by atoms with E-state index in [0.717, 1.165) is 31.4 Å². The van der Waals surface area contributed by atoms with Crippen LogP contribution in [-0.2, 0) is 0 Å². The van der Waals surface area contributed by atoms with Crippen molar-refractivity contribution in [2.75, 3.05) is 14.2 Å². The second kappa shape index (κ2) is 6.22. The summed E-state index contributed by atoms with van der Waals surface area (Å²) in [6, 6.07) is 5.04. The Morgan fingerprint density at radius 2 is 1.68 bits per heavy atom. The van der Waals surface area contributed by atoms with Crippen LogP contribution in [0, 0.1) is 0 Å². The van der Waals surface area contributed by atoms with Crippen molar-refractivity contribution in [1.82, 2.24) is 5.43 Å². The van der Waals surface area contributed by atoms with Crippen LogP contribution in [0.1, 0.15) is 36.0 Å². The summed E-state index contributed by atoms with van der Waals surface area (Å²) in [5, 5.41) is 4.15. The molecule has 1 aromatic carbocycles. The van der Waals surface area contributed by atoms with Crippen LogP contribution in [0.25, 0.3) is 0 Å². The number of hydrogen-bond donors (Lipinski definition) is 1. The van der Waals surface area contributed by atoms with Gasteiger partial charge in [-0.3, -0.25) is 4.79 Å². The number of methoxy groups -OCH3 is 2. The molecule has 1 aliphatic carbocycles. The second-order valence-corrected chi connectivity index (χ2v) is 4.43. The van der Waals surface area contributed by atoms with Gasteiger partial charge < -0.3 is 9.47 Å². The van der Waals surface area contributed by atoms with E-state index in [1.54, 1.807) is 32.4 Å². The normalized spacial score (nSPS) is 14.1. The Hall–Kier alpha value is -2.04. The average molecular weight is 262 g/mol. The number of nitrogens with zero attached hydrogens (tertiary/aromatic N) is 1. The van der Waals surface area contributed by atoms with E-state index >= 15 is 0 Å². The highest BCUT2D eigenvalue weighted by molar-refractivity contribution is 5.96. The quantitative estimate of drug-likeness (QED) is 0.847. The number of rotatable bonds is 4. The summed E-state index contributed by atoms with van der Waals surface area (Å²) < 4.78 is 10.3. The topological polar surface area (TPSA) is 59.9 Å². The van der Waals surface area contributed by atoms with E-state index in [-0.39, 0.29) is 5.91 Å². The summed E-state index contributed by atoms with van der Waals surface area (Å²) in [6.07, 6.45) is 4.26. The van der Waals surface area contributed by atoms with Crippen LogP contribution in [0.2, 0.25) is 0 Å². The number of carbonyl (C=O) groups is 1. The zero-order valence-corrected chi connectivity index (χ0v) is 11.2. The minimum absolute atomic E-state index is 0.253. The zero-order chi connectivity index (χ0) is 13.7. The Morgan fingerprint density at radius 1 is 1.11 bits per heavy atom. The summed E-state index contributed by atoms with van der Waals surface area (Å²) >= 11 is 0. The highest BCUT2D eigenvalue weighted by Gasteiger charge is 2.11. The highest BCUT2D eigenvalue weighted by atomic mass is 16.5. The number of hydrazone groups is 1. The van der Waals surface area contributed by atoms with Crippen LogP contribution in [0.5, 0.6) is 11.5 Å². The molecule has 1 amide bonds. The van der Waals surface area contributed by atoms with E-state index in [9.17, 15) is 4.79 Å². The van der Waals surface area contributed by atoms with E-state index in [2.05, 4.69) is 10.5 Å². The van der Waals surface area contributed by atoms with Crippen molar-refractivity contribution in [2.24, 2.45) is 5.10 Å². The maximum Gasteiger partial charge on any atom is 0.271 e. The third-order valence-electron chi connectivity index (χ3n) is 3.11. The van der Waals surface area contributed by atoms with Crippen LogP contribution in [0.4, 0.5) is 0 Å². The molecule has 0 aromatic heterocycles. The van der Waals surface area contributed by atoms with Crippen molar-refractivity contribution < 1.29 is 14.3 Å². The Balaban J connectivity index is 2.11. The molecule has 0 radical (unpaired) electrons. The molecule has 0 heterocycles. The first-order valence-electron chi connectivity index (χ1n) is 6.32. The Kier molecular flexibility index (Phi) is 4.39. The van der Waals surface area contributed by atoms with Gasteiger partial charge >= 0.3 is 0 Å². The number of nitrogens with one attached hydrogen (secondary N) is 1. The summed E-state index contributed by atoms with van der Waals surface area (Å²) in [5.41, 5.74) is 4.11. The third-order valence-corrected chi connectivity index (χ3v) is 3.11. The van der Waals surface area contributed by atoms with Crippen molar-refractivity contribution in [3.8, 4) is 11.5 Å². The van der Waals surface area contributed by atoms with Gasteiger partial charge in [0.25, 0.3) is 5.91 Å². The summed E-state index contributed by atoms with van der Waals surface area (Å²) in [6.45, 7) is 0. The van der Waals surface area contributed by atoms with Crippen LogP contribution < -0.4 is 14.9 Å². The molecule has 5 heteroatoms. The fraction of sp³-hybridized carbons (Fsp3) is 0.429. The van der Waals surface area contributed by atoms with E-state index < -0.39 is 0 Å². The van der Waals surface area contributed by atoms with Gasteiger partial charge in [-0.1, -0.05) is 0 Å². The Morgan fingerprint density at radius 3 is 2.21 bits per heavy atom. The van der Waals surface area contributed by atoms with Gasteiger partial charge in [0.2, 0.25) is 0 Å². The lowest BCUT2D eigenvalue weighted by atomic mass is 10.2. The second-order valence-electron chi connectivity index (χ2n) is 4.43. The fourth-order valence-corrected chi connectivity index (χ4v) is 2.03. The molecule has 1 aliphatic rings. The molecule has 0 unspecified atom stereocenters. The predicted octanol–water partition coefficient (Wildman–Crippen LogP) is 2.36. The Labute approximate surface area is 112 Å². The molecule has 1 aromatic rings. The minimum Gasteiger partial charge on any atom is -0.497 e. The summed E-state index contributed by atoms with van der Waals surface area (Å²) in [7, 11) is 3.10. The number of amides is 1. The van der Waals surface area contributed by atoms with Gasteiger partial charge in [0.15, 0.2) is 0 Å². The van der Waals surface area contributed by atoms with Crippen LogP contribution in [0.15, 0.2) is 23.3 Å². The minimum atomic E-state index is -0.253. The number of hydrogen-bond acceptors (Lipinski definition) is 4. The maximum absolute atomic E-state index is 12.0. The number of benzene rings is 1. The molecule has 0 atom stereocenters. The molecule has 2 rings (SSSR count). The molecular weight excluding hydrogens is 244 g/mol. The third kappa shape index (κ3) is 3.47. The Bertz CT molecular complexity index is 467. The molecule has 1 saturated carbocycles. The van der Waals surface area contributed by atoms with Crippen molar-refractivity contribution in [3.05, 3.63) is 23.8 Å². The van der Waals surface area contributed by atoms with Crippen LogP contribution >= 0.6 is 0 Å². The van der Waals surface area contributed by atoms with Gasteiger partial charge in [-0.2, -0.15) is 5.10 Å². The molecule has 1 fully saturated rings. The lowest BCUT2D eigenvalue weighted by Crippen LogP contribution is -2.19.